The number of hydrogen-bond acceptors (Lipinski definition) is 5. The van der Waals surface area contributed by atoms with E-state index in [1.165, 1.54) is 11.8 Å². The molecule has 0 unspecified atom stereocenters. The minimum Gasteiger partial charge on any atom is -0.431 e. The summed E-state index contributed by atoms with van der Waals surface area (Å²) in [6.07, 6.45) is 3.55. The van der Waals surface area contributed by atoms with Gasteiger partial charge < -0.3 is 10.2 Å². The first-order valence-corrected chi connectivity index (χ1v) is 7.28. The summed E-state index contributed by atoms with van der Waals surface area (Å²) in [5.74, 6) is 0. The molecular weight excluding hydrogens is 282 g/mol. The van der Waals surface area contributed by atoms with Gasteiger partial charge in [-0.05, 0) is 36.0 Å². The maximum Gasteiger partial charge on any atom is 0.261 e. The third kappa shape index (κ3) is 2.11. The number of nitrogens with two attached hydrogens (primary N) is 1. The molecule has 0 fully saturated rings. The standard InChI is InChI=1S/C16H11N3OS/c17-15-11-7-8-18-9-10(11)5-6-14(15)21-16-19-12-3-1-2-4-13(12)20-16/h1-9H,17H2. The highest BCUT2D eigenvalue weighted by Crippen LogP contribution is 2.36. The Labute approximate surface area is 125 Å². The highest BCUT2D eigenvalue weighted by Gasteiger charge is 2.11. The number of nitrogen functional groups attached to an aromatic ring is 1. The molecule has 0 aliphatic heterocycles. The number of nitrogens with zero attached hydrogens (tertiary/aromatic N) is 2. The number of pyridine rings is 1. The number of benzene rings is 2. The van der Waals surface area contributed by atoms with Gasteiger partial charge in [-0.3, -0.25) is 4.98 Å². The van der Waals surface area contributed by atoms with Crippen molar-refractivity contribution >= 4 is 39.3 Å². The summed E-state index contributed by atoms with van der Waals surface area (Å²) < 4.78 is 5.72. The summed E-state index contributed by atoms with van der Waals surface area (Å²) in [7, 11) is 0. The number of fused-ring (bicyclic) bond motifs is 2. The minimum absolute atomic E-state index is 0.594. The first kappa shape index (κ1) is 12.2. The van der Waals surface area contributed by atoms with Crippen LogP contribution >= 0.6 is 11.8 Å². The van der Waals surface area contributed by atoms with Crippen molar-refractivity contribution in [3.8, 4) is 0 Å². The van der Waals surface area contributed by atoms with Crippen LogP contribution in [0.2, 0.25) is 0 Å². The molecule has 0 bridgehead atoms. The number of oxazole rings is 1. The third-order valence-electron chi connectivity index (χ3n) is 3.29. The smallest absolute Gasteiger partial charge is 0.261 e. The monoisotopic (exact) mass is 293 g/mol. The summed E-state index contributed by atoms with van der Waals surface area (Å²) >= 11 is 1.43. The summed E-state index contributed by atoms with van der Waals surface area (Å²) in [5.41, 5.74) is 8.60. The Morgan fingerprint density at radius 2 is 1.95 bits per heavy atom. The van der Waals surface area contributed by atoms with E-state index in [2.05, 4.69) is 9.97 Å². The fraction of sp³-hybridized carbons (Fsp3) is 0. The number of anilines is 1. The minimum atomic E-state index is 0.594. The Balaban J connectivity index is 1.78. The number of rotatable bonds is 2. The Morgan fingerprint density at radius 3 is 2.86 bits per heavy atom. The van der Waals surface area contributed by atoms with Crippen molar-refractivity contribution in [2.24, 2.45) is 0 Å². The molecule has 0 aliphatic carbocycles. The first-order valence-electron chi connectivity index (χ1n) is 6.47. The first-order chi connectivity index (χ1) is 10.3. The second-order valence-corrected chi connectivity index (χ2v) is 5.62. The summed E-state index contributed by atoms with van der Waals surface area (Å²) in [6, 6.07) is 13.6. The summed E-state index contributed by atoms with van der Waals surface area (Å²) in [6.45, 7) is 0. The van der Waals surface area contributed by atoms with Gasteiger partial charge in [0.15, 0.2) is 5.58 Å². The Morgan fingerprint density at radius 1 is 1.05 bits per heavy atom. The lowest BCUT2D eigenvalue weighted by Gasteiger charge is -2.06. The molecule has 4 aromatic rings. The summed E-state index contributed by atoms with van der Waals surface area (Å²) in [4.78, 5) is 9.49. The van der Waals surface area contributed by atoms with Gasteiger partial charge in [0.2, 0.25) is 0 Å². The topological polar surface area (TPSA) is 64.9 Å². The molecule has 21 heavy (non-hydrogen) atoms. The zero-order chi connectivity index (χ0) is 14.2. The van der Waals surface area contributed by atoms with E-state index in [9.17, 15) is 0 Å². The van der Waals surface area contributed by atoms with Crippen LogP contribution in [0, 0.1) is 0 Å². The maximum atomic E-state index is 6.24. The van der Waals surface area contributed by atoms with E-state index in [0.717, 1.165) is 32.5 Å². The molecule has 0 saturated carbocycles. The largest absolute Gasteiger partial charge is 0.431 e. The lowest BCUT2D eigenvalue weighted by atomic mass is 10.1. The Kier molecular flexibility index (Phi) is 2.79. The number of hydrogen-bond donors (Lipinski definition) is 1. The summed E-state index contributed by atoms with van der Waals surface area (Å²) in [5, 5.41) is 2.61. The molecule has 0 aliphatic rings. The predicted molar refractivity (Wildman–Crippen MR) is 84.3 cm³/mol. The molecule has 2 aromatic carbocycles. The van der Waals surface area contributed by atoms with Crippen LogP contribution in [0.4, 0.5) is 5.69 Å². The average Bonchev–Trinajstić information content (AvgIpc) is 2.93. The quantitative estimate of drug-likeness (QED) is 0.563. The van der Waals surface area contributed by atoms with Crippen LogP contribution in [-0.4, -0.2) is 9.97 Å². The van der Waals surface area contributed by atoms with E-state index >= 15 is 0 Å². The van der Waals surface area contributed by atoms with Gasteiger partial charge in [-0.2, -0.15) is 0 Å². The second-order valence-electron chi connectivity index (χ2n) is 4.62. The van der Waals surface area contributed by atoms with E-state index in [-0.39, 0.29) is 0 Å². The van der Waals surface area contributed by atoms with Crippen molar-refractivity contribution in [2.45, 2.75) is 10.1 Å². The molecule has 4 nitrogen and oxygen atoms in total. The van der Waals surface area contributed by atoms with E-state index in [1.54, 1.807) is 12.4 Å². The molecular formula is C16H11N3OS. The van der Waals surface area contributed by atoms with Crippen molar-refractivity contribution in [1.82, 2.24) is 9.97 Å². The number of para-hydroxylation sites is 2. The molecule has 2 N–H and O–H groups in total. The van der Waals surface area contributed by atoms with Gasteiger partial charge in [0.25, 0.3) is 5.22 Å². The zero-order valence-electron chi connectivity index (χ0n) is 11.0. The molecule has 0 amide bonds. The van der Waals surface area contributed by atoms with Crippen molar-refractivity contribution < 1.29 is 4.42 Å². The maximum absolute atomic E-state index is 6.24. The van der Waals surface area contributed by atoms with Crippen LogP contribution in [0.25, 0.3) is 21.9 Å². The fourth-order valence-corrected chi connectivity index (χ4v) is 3.07. The van der Waals surface area contributed by atoms with Crippen LogP contribution < -0.4 is 5.73 Å². The van der Waals surface area contributed by atoms with Crippen molar-refractivity contribution in [2.75, 3.05) is 5.73 Å². The molecule has 2 heterocycles. The van der Waals surface area contributed by atoms with E-state index < -0.39 is 0 Å². The van der Waals surface area contributed by atoms with E-state index in [1.807, 2.05) is 42.5 Å². The predicted octanol–water partition coefficient (Wildman–Crippen LogP) is 4.11. The van der Waals surface area contributed by atoms with Gasteiger partial charge in [-0.1, -0.05) is 18.2 Å². The highest BCUT2D eigenvalue weighted by molar-refractivity contribution is 7.99. The zero-order valence-corrected chi connectivity index (χ0v) is 11.8. The SMILES string of the molecule is Nc1c(Sc2nc3ccccc3o2)ccc2cnccc12. The van der Waals surface area contributed by atoms with Crippen LogP contribution in [0.15, 0.2) is 69.4 Å². The van der Waals surface area contributed by atoms with Crippen molar-refractivity contribution in [1.29, 1.82) is 0 Å². The van der Waals surface area contributed by atoms with E-state index in [0.29, 0.717) is 5.22 Å². The van der Waals surface area contributed by atoms with Gasteiger partial charge in [0.05, 0.1) is 5.69 Å². The van der Waals surface area contributed by atoms with Crippen LogP contribution in [0.5, 0.6) is 0 Å². The Hall–Kier alpha value is -2.53. The molecule has 2 aromatic heterocycles. The molecule has 0 spiro atoms. The van der Waals surface area contributed by atoms with Crippen LogP contribution in [0.1, 0.15) is 0 Å². The molecule has 0 atom stereocenters. The second kappa shape index (κ2) is 4.79. The lowest BCUT2D eigenvalue weighted by molar-refractivity contribution is 0.489. The average molecular weight is 293 g/mol. The molecule has 0 saturated heterocycles. The lowest BCUT2D eigenvalue weighted by Crippen LogP contribution is -1.91. The van der Waals surface area contributed by atoms with E-state index in [4.69, 9.17) is 10.2 Å². The molecule has 4 rings (SSSR count). The van der Waals surface area contributed by atoms with Crippen LogP contribution in [-0.2, 0) is 0 Å². The number of aromatic nitrogens is 2. The highest BCUT2D eigenvalue weighted by atomic mass is 32.2. The van der Waals surface area contributed by atoms with Crippen LogP contribution in [0.3, 0.4) is 0 Å². The normalized spacial score (nSPS) is 11.2. The van der Waals surface area contributed by atoms with Crippen molar-refractivity contribution in [3.63, 3.8) is 0 Å². The van der Waals surface area contributed by atoms with Gasteiger partial charge in [-0.25, -0.2) is 4.98 Å². The van der Waals surface area contributed by atoms with Gasteiger partial charge in [-0.15, -0.1) is 0 Å². The van der Waals surface area contributed by atoms with Gasteiger partial charge in [0, 0.05) is 28.1 Å². The van der Waals surface area contributed by atoms with Crippen molar-refractivity contribution in [3.05, 3.63) is 54.9 Å². The third-order valence-corrected chi connectivity index (χ3v) is 4.22. The molecule has 0 radical (unpaired) electrons. The fourth-order valence-electron chi connectivity index (χ4n) is 2.25. The van der Waals surface area contributed by atoms with Gasteiger partial charge in [0.1, 0.15) is 5.52 Å². The molecule has 102 valence electrons. The molecule has 5 heteroatoms. The van der Waals surface area contributed by atoms with Gasteiger partial charge >= 0.3 is 0 Å². The Bertz CT molecular complexity index is 915.